The number of β-lactam (4-membered cyclic amide) rings is 1. The van der Waals surface area contributed by atoms with Gasteiger partial charge in [0.15, 0.2) is 6.04 Å². The van der Waals surface area contributed by atoms with Gasteiger partial charge in [-0.15, -0.1) is 16.9 Å². The summed E-state index contributed by atoms with van der Waals surface area (Å²) in [6.45, 7) is 0. The number of primary amides is 1. The number of nitrogens with zero attached hydrogens (tertiary/aromatic N) is 5. The Morgan fingerprint density at radius 2 is 2.21 bits per heavy atom. The second-order valence-corrected chi connectivity index (χ2v) is 9.01. The number of carboxylic acids is 1. The number of carboxylic acid groups (broad SMARTS) is 1. The molecule has 174 valence electrons. The Morgan fingerprint density at radius 1 is 1.44 bits per heavy atom. The molecule has 4 amide bonds. The summed E-state index contributed by atoms with van der Waals surface area (Å²) in [5.74, 6) is -2.17. The van der Waals surface area contributed by atoms with Gasteiger partial charge in [-0.1, -0.05) is 11.8 Å². The normalized spacial score (nSPS) is 20.0. The van der Waals surface area contributed by atoms with Gasteiger partial charge < -0.3 is 30.7 Å². The van der Waals surface area contributed by atoms with Gasteiger partial charge in [0.1, 0.15) is 17.2 Å². The van der Waals surface area contributed by atoms with E-state index in [1.54, 1.807) is 7.05 Å². The number of urea groups is 1. The van der Waals surface area contributed by atoms with Gasteiger partial charge in [0.2, 0.25) is 5.16 Å². The van der Waals surface area contributed by atoms with Gasteiger partial charge in [0, 0.05) is 18.6 Å². The maximum absolute atomic E-state index is 12.8. The molecule has 2 aliphatic heterocycles. The fraction of sp³-hybridized carbons (Fsp3) is 0.353. The summed E-state index contributed by atoms with van der Waals surface area (Å²) in [6.07, 6.45) is 1.32. The van der Waals surface area contributed by atoms with Crippen molar-refractivity contribution in [1.82, 2.24) is 35.7 Å². The van der Waals surface area contributed by atoms with E-state index in [1.807, 2.05) is 0 Å². The number of furan rings is 1. The Hall–Kier alpha value is -2.53. The first-order valence-corrected chi connectivity index (χ1v) is 11.4. The molecular formula is C17H17N8NaO6S2. The summed E-state index contributed by atoms with van der Waals surface area (Å²) in [5, 5.41) is 27.6. The largest absolute Gasteiger partial charge is 1.00 e. The van der Waals surface area contributed by atoms with Gasteiger partial charge in [0.05, 0.1) is 17.9 Å². The monoisotopic (exact) mass is 516 g/mol. The number of fused-ring (bicyclic) bond motifs is 1. The molecule has 4 N–H and O–H groups in total. The zero-order chi connectivity index (χ0) is 23.7. The SMILES string of the molecule is Cn1nnnc1SCC1=C(C(=O)[O-])N2C(=O)[C@@H](NC(=O)[C@H](NC(N)=O)c3ccco3)C2SC1.[Na+]. The number of hydrogen-bond donors (Lipinski definition) is 3. The smallest absolute Gasteiger partial charge is 0.543 e. The van der Waals surface area contributed by atoms with Gasteiger partial charge in [-0.2, -0.15) is 0 Å². The predicted molar refractivity (Wildman–Crippen MR) is 111 cm³/mol. The fourth-order valence-electron chi connectivity index (χ4n) is 3.38. The van der Waals surface area contributed by atoms with E-state index >= 15 is 0 Å². The van der Waals surface area contributed by atoms with E-state index in [4.69, 9.17) is 10.2 Å². The van der Waals surface area contributed by atoms with E-state index in [2.05, 4.69) is 26.2 Å². The number of aryl methyl sites for hydroxylation is 1. The van der Waals surface area contributed by atoms with E-state index in [0.29, 0.717) is 16.5 Å². The Kier molecular flexibility index (Phi) is 8.29. The molecule has 0 saturated carbocycles. The standard InChI is InChI=1S/C17H18N8O6S2.Na/c1-24-17(21-22-23-24)33-6-7-5-32-14-10(13(27)25(14)11(7)15(28)29)19-12(26)9(20-16(18)30)8-3-2-4-31-8;/h2-4,9-10,14H,5-6H2,1H3,(H,19,26)(H,28,29)(H3,18,20,30);/q;+1/p-1/t9-,10-,14?;/m1./s1. The van der Waals surface area contributed by atoms with Crippen molar-refractivity contribution in [3.63, 3.8) is 0 Å². The zero-order valence-electron chi connectivity index (χ0n) is 18.0. The molecule has 1 fully saturated rings. The third kappa shape index (κ3) is 5.10. The summed E-state index contributed by atoms with van der Waals surface area (Å²) < 4.78 is 6.61. The molecule has 34 heavy (non-hydrogen) atoms. The molecule has 1 unspecified atom stereocenters. The van der Waals surface area contributed by atoms with E-state index in [9.17, 15) is 24.3 Å². The maximum atomic E-state index is 12.8. The molecule has 1 saturated heterocycles. The number of hydrogen-bond acceptors (Lipinski definition) is 11. The number of nitrogens with one attached hydrogen (secondary N) is 2. The molecule has 0 aliphatic carbocycles. The van der Waals surface area contributed by atoms with E-state index in [0.717, 1.165) is 4.90 Å². The van der Waals surface area contributed by atoms with Crippen LogP contribution in [0.15, 0.2) is 39.2 Å². The van der Waals surface area contributed by atoms with Crippen LogP contribution < -0.4 is 51.0 Å². The summed E-state index contributed by atoms with van der Waals surface area (Å²) in [5.41, 5.74) is 5.39. The van der Waals surface area contributed by atoms with Crippen LogP contribution in [0.4, 0.5) is 4.79 Å². The number of aromatic nitrogens is 4. The summed E-state index contributed by atoms with van der Waals surface area (Å²) in [4.78, 5) is 49.8. The fourth-order valence-corrected chi connectivity index (χ4v) is 5.71. The molecule has 0 bridgehead atoms. The Bertz CT molecular complexity index is 1140. The van der Waals surface area contributed by atoms with Crippen molar-refractivity contribution in [2.75, 3.05) is 11.5 Å². The second-order valence-electron chi connectivity index (χ2n) is 6.97. The first-order chi connectivity index (χ1) is 15.8. The number of tetrazole rings is 1. The minimum atomic E-state index is -1.49. The van der Waals surface area contributed by atoms with E-state index in [1.165, 1.54) is 46.6 Å². The number of nitrogens with two attached hydrogens (primary N) is 1. The molecule has 17 heteroatoms. The van der Waals surface area contributed by atoms with E-state index < -0.39 is 41.3 Å². The molecule has 2 aromatic rings. The van der Waals surface area contributed by atoms with Crippen molar-refractivity contribution in [2.45, 2.75) is 22.6 Å². The van der Waals surface area contributed by atoms with Crippen LogP contribution in [0.1, 0.15) is 11.8 Å². The molecular weight excluding hydrogens is 499 g/mol. The molecule has 0 radical (unpaired) electrons. The minimum Gasteiger partial charge on any atom is -0.543 e. The van der Waals surface area contributed by atoms with Crippen LogP contribution >= 0.6 is 23.5 Å². The second kappa shape index (κ2) is 10.8. The third-order valence-corrected chi connectivity index (χ3v) is 7.31. The van der Waals surface area contributed by atoms with Crippen LogP contribution in [0.2, 0.25) is 0 Å². The van der Waals surface area contributed by atoms with Gasteiger partial charge in [-0.25, -0.2) is 9.48 Å². The average Bonchev–Trinajstić information content (AvgIpc) is 3.45. The summed E-state index contributed by atoms with van der Waals surface area (Å²) in [7, 11) is 1.65. The number of aliphatic carboxylic acids is 1. The number of thioether (sulfide) groups is 2. The minimum absolute atomic E-state index is 0. The summed E-state index contributed by atoms with van der Waals surface area (Å²) >= 11 is 2.52. The van der Waals surface area contributed by atoms with Crippen molar-refractivity contribution >= 4 is 47.3 Å². The zero-order valence-corrected chi connectivity index (χ0v) is 21.6. The Morgan fingerprint density at radius 3 is 2.79 bits per heavy atom. The van der Waals surface area contributed by atoms with Crippen LogP contribution in [-0.2, 0) is 21.4 Å². The Balaban J connectivity index is 0.00000324. The molecule has 2 aromatic heterocycles. The first kappa shape index (κ1) is 26.1. The number of carbonyl (C=O) groups is 4. The molecule has 2 aliphatic rings. The van der Waals surface area contributed by atoms with Crippen molar-refractivity contribution in [3.8, 4) is 0 Å². The molecule has 4 rings (SSSR count). The van der Waals surface area contributed by atoms with Gasteiger partial charge in [-0.05, 0) is 28.1 Å². The van der Waals surface area contributed by atoms with Crippen molar-refractivity contribution in [3.05, 3.63) is 35.4 Å². The molecule has 14 nitrogen and oxygen atoms in total. The van der Waals surface area contributed by atoms with Crippen LogP contribution in [0.3, 0.4) is 0 Å². The van der Waals surface area contributed by atoms with Gasteiger partial charge in [0.25, 0.3) is 11.8 Å². The predicted octanol–water partition coefficient (Wildman–Crippen LogP) is -5.29. The quantitative estimate of drug-likeness (QED) is 0.172. The number of rotatable bonds is 8. The maximum Gasteiger partial charge on any atom is 1.00 e. The van der Waals surface area contributed by atoms with Crippen molar-refractivity contribution in [2.24, 2.45) is 12.8 Å². The first-order valence-electron chi connectivity index (χ1n) is 9.41. The van der Waals surface area contributed by atoms with Crippen LogP contribution in [0.5, 0.6) is 0 Å². The van der Waals surface area contributed by atoms with Crippen molar-refractivity contribution < 1.29 is 58.3 Å². The van der Waals surface area contributed by atoms with Gasteiger partial charge in [-0.3, -0.25) is 14.5 Å². The van der Waals surface area contributed by atoms with Crippen molar-refractivity contribution in [1.29, 1.82) is 0 Å². The van der Waals surface area contributed by atoms with Crippen LogP contribution in [0.25, 0.3) is 0 Å². The number of amides is 4. The summed E-state index contributed by atoms with van der Waals surface area (Å²) in [6, 6.07) is -0.211. The van der Waals surface area contributed by atoms with Crippen LogP contribution in [-0.4, -0.2) is 71.8 Å². The molecule has 4 heterocycles. The molecule has 3 atom stereocenters. The average molecular weight is 516 g/mol. The Labute approximate surface area is 222 Å². The number of carbonyl (C=O) groups excluding carboxylic acids is 4. The topological polar surface area (TPSA) is 201 Å². The van der Waals surface area contributed by atoms with E-state index in [-0.39, 0.29) is 46.8 Å². The van der Waals surface area contributed by atoms with Gasteiger partial charge >= 0.3 is 35.6 Å². The molecule has 0 spiro atoms. The third-order valence-electron chi connectivity index (χ3n) is 4.87. The molecule has 0 aromatic carbocycles. The van der Waals surface area contributed by atoms with Crippen LogP contribution in [0, 0.1) is 0 Å².